The Hall–Kier alpha value is -3.22. The third-order valence-corrected chi connectivity index (χ3v) is 3.35. The van der Waals surface area contributed by atoms with E-state index in [2.05, 4.69) is 15.3 Å². The molecule has 0 saturated carbocycles. The van der Waals surface area contributed by atoms with Crippen molar-refractivity contribution in [2.24, 2.45) is 0 Å². The van der Waals surface area contributed by atoms with E-state index in [0.717, 1.165) is 11.2 Å². The standard InChI is InChI=1S/C15H11N5O2/c21-15-19(13-5-1-2-6-14(13)22-15)9-11-10-20(18-17-11)12-4-3-7-16-8-12/h1-8,10H,9H2. The molecule has 7 heteroatoms. The third-order valence-electron chi connectivity index (χ3n) is 3.35. The van der Waals surface area contributed by atoms with Gasteiger partial charge in [0.2, 0.25) is 0 Å². The molecule has 0 aliphatic heterocycles. The van der Waals surface area contributed by atoms with Crippen LogP contribution in [0.3, 0.4) is 0 Å². The Morgan fingerprint density at radius 2 is 2.05 bits per heavy atom. The molecule has 108 valence electrons. The number of benzene rings is 1. The normalized spacial score (nSPS) is 11.1. The fourth-order valence-electron chi connectivity index (χ4n) is 2.31. The smallest absolute Gasteiger partial charge is 0.408 e. The van der Waals surface area contributed by atoms with Crippen molar-refractivity contribution in [2.45, 2.75) is 6.54 Å². The van der Waals surface area contributed by atoms with Crippen LogP contribution in [0, 0.1) is 0 Å². The second-order valence-corrected chi connectivity index (χ2v) is 4.79. The fraction of sp³-hybridized carbons (Fsp3) is 0.0667. The zero-order valence-corrected chi connectivity index (χ0v) is 11.5. The highest BCUT2D eigenvalue weighted by atomic mass is 16.4. The number of hydrogen-bond donors (Lipinski definition) is 0. The zero-order chi connectivity index (χ0) is 14.9. The average Bonchev–Trinajstić information content (AvgIpc) is 3.14. The van der Waals surface area contributed by atoms with Gasteiger partial charge in [0.05, 0.1) is 30.1 Å². The van der Waals surface area contributed by atoms with E-state index < -0.39 is 5.76 Å². The van der Waals surface area contributed by atoms with Crippen LogP contribution in [0.1, 0.15) is 5.69 Å². The quantitative estimate of drug-likeness (QED) is 0.573. The van der Waals surface area contributed by atoms with E-state index in [1.807, 2.05) is 30.3 Å². The molecule has 0 saturated heterocycles. The lowest BCUT2D eigenvalue weighted by Crippen LogP contribution is -2.15. The van der Waals surface area contributed by atoms with Crippen LogP contribution in [-0.4, -0.2) is 24.5 Å². The lowest BCUT2D eigenvalue weighted by atomic mass is 10.3. The molecule has 0 unspecified atom stereocenters. The van der Waals surface area contributed by atoms with Crippen molar-refractivity contribution in [1.82, 2.24) is 24.5 Å². The average molecular weight is 293 g/mol. The predicted molar refractivity (Wildman–Crippen MR) is 78.7 cm³/mol. The number of rotatable bonds is 3. The molecule has 22 heavy (non-hydrogen) atoms. The van der Waals surface area contributed by atoms with E-state index in [9.17, 15) is 4.79 Å². The number of fused-ring (bicyclic) bond motifs is 1. The Kier molecular flexibility index (Phi) is 2.82. The molecule has 0 fully saturated rings. The van der Waals surface area contributed by atoms with Gasteiger partial charge in [-0.3, -0.25) is 9.55 Å². The van der Waals surface area contributed by atoms with Gasteiger partial charge in [0.15, 0.2) is 5.58 Å². The van der Waals surface area contributed by atoms with Crippen LogP contribution in [0.15, 0.2) is 64.2 Å². The van der Waals surface area contributed by atoms with Gasteiger partial charge in [-0.2, -0.15) is 0 Å². The molecule has 0 spiro atoms. The molecule has 0 aliphatic rings. The highest BCUT2D eigenvalue weighted by molar-refractivity contribution is 5.72. The fourth-order valence-corrected chi connectivity index (χ4v) is 2.31. The van der Waals surface area contributed by atoms with Gasteiger partial charge >= 0.3 is 5.76 Å². The van der Waals surface area contributed by atoms with Gasteiger partial charge in [0, 0.05) is 6.20 Å². The van der Waals surface area contributed by atoms with Gasteiger partial charge in [-0.25, -0.2) is 9.48 Å². The third kappa shape index (κ3) is 2.08. The summed E-state index contributed by atoms with van der Waals surface area (Å²) in [5.74, 6) is -0.405. The van der Waals surface area contributed by atoms with E-state index >= 15 is 0 Å². The largest absolute Gasteiger partial charge is 0.420 e. The second kappa shape index (κ2) is 4.96. The summed E-state index contributed by atoms with van der Waals surface area (Å²) in [7, 11) is 0. The number of pyridine rings is 1. The molecule has 0 atom stereocenters. The van der Waals surface area contributed by atoms with Crippen molar-refractivity contribution >= 4 is 11.1 Å². The second-order valence-electron chi connectivity index (χ2n) is 4.79. The predicted octanol–water partition coefficient (Wildman–Crippen LogP) is 1.62. The molecule has 0 aliphatic carbocycles. The Balaban J connectivity index is 1.71. The van der Waals surface area contributed by atoms with E-state index in [0.29, 0.717) is 17.8 Å². The van der Waals surface area contributed by atoms with Gasteiger partial charge < -0.3 is 4.42 Å². The summed E-state index contributed by atoms with van der Waals surface area (Å²) in [5, 5.41) is 8.16. The maximum atomic E-state index is 12.0. The molecule has 0 amide bonds. The maximum Gasteiger partial charge on any atom is 0.420 e. The number of hydrogen-bond acceptors (Lipinski definition) is 5. The first kappa shape index (κ1) is 12.5. The zero-order valence-electron chi connectivity index (χ0n) is 11.5. The van der Waals surface area contributed by atoms with Crippen LogP contribution < -0.4 is 5.76 Å². The highest BCUT2D eigenvalue weighted by Gasteiger charge is 2.11. The number of nitrogens with zero attached hydrogens (tertiary/aromatic N) is 5. The molecular formula is C15H11N5O2. The number of aromatic nitrogens is 5. The summed E-state index contributed by atoms with van der Waals surface area (Å²) in [5.41, 5.74) is 2.78. The topological polar surface area (TPSA) is 78.7 Å². The monoisotopic (exact) mass is 293 g/mol. The molecule has 4 rings (SSSR count). The molecule has 0 radical (unpaired) electrons. The molecule has 3 aromatic heterocycles. The van der Waals surface area contributed by atoms with Crippen molar-refractivity contribution in [3.05, 3.63) is 71.2 Å². The summed E-state index contributed by atoms with van der Waals surface area (Å²) in [6.07, 6.45) is 5.15. The summed E-state index contributed by atoms with van der Waals surface area (Å²) >= 11 is 0. The number of oxazole rings is 1. The van der Waals surface area contributed by atoms with E-state index in [1.54, 1.807) is 29.3 Å². The first-order chi connectivity index (χ1) is 10.8. The Labute approximate surface area is 124 Å². The van der Waals surface area contributed by atoms with Gasteiger partial charge in [-0.1, -0.05) is 17.3 Å². The Morgan fingerprint density at radius 3 is 2.91 bits per heavy atom. The van der Waals surface area contributed by atoms with E-state index in [4.69, 9.17) is 4.42 Å². The van der Waals surface area contributed by atoms with Gasteiger partial charge in [-0.15, -0.1) is 5.10 Å². The lowest BCUT2D eigenvalue weighted by molar-refractivity contribution is 0.516. The van der Waals surface area contributed by atoms with Crippen molar-refractivity contribution < 1.29 is 4.42 Å². The summed E-state index contributed by atoms with van der Waals surface area (Å²) in [4.78, 5) is 16.0. The summed E-state index contributed by atoms with van der Waals surface area (Å²) in [6, 6.07) is 11.0. The van der Waals surface area contributed by atoms with Crippen LogP contribution in [0.2, 0.25) is 0 Å². The van der Waals surface area contributed by atoms with E-state index in [1.165, 1.54) is 4.57 Å². The highest BCUT2D eigenvalue weighted by Crippen LogP contribution is 2.13. The van der Waals surface area contributed by atoms with Crippen LogP contribution in [0.25, 0.3) is 16.8 Å². The van der Waals surface area contributed by atoms with Gasteiger partial charge in [0.25, 0.3) is 0 Å². The molecule has 0 bridgehead atoms. The summed E-state index contributed by atoms with van der Waals surface area (Å²) < 4.78 is 8.36. The first-order valence-corrected chi connectivity index (χ1v) is 6.71. The summed E-state index contributed by atoms with van der Waals surface area (Å²) in [6.45, 7) is 0.302. The number of para-hydroxylation sites is 2. The molecule has 1 aromatic carbocycles. The van der Waals surface area contributed by atoms with Crippen molar-refractivity contribution in [1.29, 1.82) is 0 Å². The minimum absolute atomic E-state index is 0.302. The minimum Gasteiger partial charge on any atom is -0.408 e. The molecular weight excluding hydrogens is 282 g/mol. The molecule has 7 nitrogen and oxygen atoms in total. The van der Waals surface area contributed by atoms with Crippen LogP contribution in [0.5, 0.6) is 0 Å². The van der Waals surface area contributed by atoms with Gasteiger partial charge in [-0.05, 0) is 24.3 Å². The molecule has 4 aromatic rings. The van der Waals surface area contributed by atoms with Crippen LogP contribution in [-0.2, 0) is 6.54 Å². The maximum absolute atomic E-state index is 12.0. The minimum atomic E-state index is -0.405. The van der Waals surface area contributed by atoms with Crippen molar-refractivity contribution in [3.63, 3.8) is 0 Å². The lowest BCUT2D eigenvalue weighted by Gasteiger charge is -1.98. The van der Waals surface area contributed by atoms with Crippen LogP contribution >= 0.6 is 0 Å². The molecule has 3 heterocycles. The van der Waals surface area contributed by atoms with E-state index in [-0.39, 0.29) is 0 Å². The SMILES string of the molecule is O=c1oc2ccccc2n1Cc1cn(-c2cccnc2)nn1. The van der Waals surface area contributed by atoms with Crippen molar-refractivity contribution in [3.8, 4) is 5.69 Å². The first-order valence-electron chi connectivity index (χ1n) is 6.71. The van der Waals surface area contributed by atoms with Crippen molar-refractivity contribution in [2.75, 3.05) is 0 Å². The molecule has 0 N–H and O–H groups in total. The van der Waals surface area contributed by atoms with Gasteiger partial charge in [0.1, 0.15) is 5.69 Å². The Bertz CT molecular complexity index is 984. The van der Waals surface area contributed by atoms with Crippen LogP contribution in [0.4, 0.5) is 0 Å². The Morgan fingerprint density at radius 1 is 1.14 bits per heavy atom.